The zero-order valence-electron chi connectivity index (χ0n) is 19.9. The summed E-state index contributed by atoms with van der Waals surface area (Å²) in [5.41, 5.74) is 1.97. The van der Waals surface area contributed by atoms with E-state index in [1.807, 2.05) is 6.92 Å². The van der Waals surface area contributed by atoms with Gasteiger partial charge in [0.1, 0.15) is 27.6 Å². The number of carbonyl (C=O) groups is 1. The number of hydrogen-bond donors (Lipinski definition) is 0. The Kier molecular flexibility index (Phi) is 7.28. The fourth-order valence-electron chi connectivity index (χ4n) is 4.42. The van der Waals surface area contributed by atoms with Gasteiger partial charge in [-0.1, -0.05) is 30.9 Å². The molecule has 10 heteroatoms. The largest absolute Gasteiger partial charge is 0.368 e. The van der Waals surface area contributed by atoms with Crippen LogP contribution in [0.1, 0.15) is 30.0 Å². The third-order valence-corrected chi connectivity index (χ3v) is 7.81. The Morgan fingerprint density at radius 3 is 2.31 bits per heavy atom. The van der Waals surface area contributed by atoms with Gasteiger partial charge in [0.15, 0.2) is 0 Å². The number of likely N-dealkylation sites (N-methyl/N-ethyl adjacent to an activating group) is 1. The summed E-state index contributed by atoms with van der Waals surface area (Å²) in [5.74, 6) is 0.248. The molecule has 2 aliphatic rings. The highest BCUT2D eigenvalue weighted by molar-refractivity contribution is 8.26. The number of hydrogen-bond acceptors (Lipinski definition) is 7. The van der Waals surface area contributed by atoms with Gasteiger partial charge in [-0.25, -0.2) is 4.39 Å². The average Bonchev–Trinajstić information content (AvgIpc) is 3.09. The van der Waals surface area contributed by atoms with Crippen LogP contribution in [0.2, 0.25) is 0 Å². The van der Waals surface area contributed by atoms with Crippen LogP contribution in [-0.4, -0.2) is 52.9 Å². The van der Waals surface area contributed by atoms with Gasteiger partial charge in [-0.3, -0.25) is 19.1 Å². The molecule has 182 valence electrons. The van der Waals surface area contributed by atoms with Crippen molar-refractivity contribution in [2.24, 2.45) is 0 Å². The van der Waals surface area contributed by atoms with E-state index in [2.05, 4.69) is 15.9 Å². The van der Waals surface area contributed by atoms with Gasteiger partial charge >= 0.3 is 0 Å². The summed E-state index contributed by atoms with van der Waals surface area (Å²) in [6.07, 6.45) is 2.49. The number of piperazine rings is 1. The molecule has 1 aromatic carbocycles. The summed E-state index contributed by atoms with van der Waals surface area (Å²) in [4.78, 5) is 32.3. The molecule has 3 heterocycles. The highest BCUT2D eigenvalue weighted by Gasteiger charge is 2.31. The second-order valence-corrected chi connectivity index (χ2v) is 10.2. The molecule has 2 saturated heterocycles. The van der Waals surface area contributed by atoms with E-state index < -0.39 is 0 Å². The molecule has 2 fully saturated rings. The maximum Gasteiger partial charge on any atom is 0.270 e. The second kappa shape index (κ2) is 10.2. The number of benzene rings is 1. The number of carbonyl (C=O) groups excluding carboxylic acids is 1. The standard InChI is InChI=1S/C25H26FN5O2S2/c1-4-9-31-22(30-12-10-29(11-13-30)18-7-5-17(26)6-8-18)19(16(2)20(15-27)23(31)32)14-21-24(33)28(3)25(34)35-21/h5-8,14H,4,9-13H2,1-3H3/b21-14-. The SMILES string of the molecule is CCCn1c(N2CCN(c3ccc(F)cc3)CC2)c(/C=C2\SC(=S)N(C)C2=O)c(C)c(C#N)c1=O. The molecule has 1 amide bonds. The lowest BCUT2D eigenvalue weighted by molar-refractivity contribution is -0.121. The van der Waals surface area contributed by atoms with Gasteiger partial charge in [0.05, 0.1) is 4.91 Å². The Bertz CT molecular complexity index is 1310. The molecule has 0 unspecified atom stereocenters. The van der Waals surface area contributed by atoms with Crippen molar-refractivity contribution >= 4 is 51.8 Å². The molecular weight excluding hydrogens is 485 g/mol. The minimum atomic E-state index is -0.317. The summed E-state index contributed by atoms with van der Waals surface area (Å²) >= 11 is 6.51. The zero-order chi connectivity index (χ0) is 25.3. The number of pyridine rings is 1. The molecule has 35 heavy (non-hydrogen) atoms. The lowest BCUT2D eigenvalue weighted by atomic mass is 10.0. The van der Waals surface area contributed by atoms with Crippen LogP contribution in [0.25, 0.3) is 6.08 Å². The van der Waals surface area contributed by atoms with Gasteiger partial charge in [0, 0.05) is 51.0 Å². The molecule has 0 N–H and O–H groups in total. The van der Waals surface area contributed by atoms with E-state index in [9.17, 15) is 19.2 Å². The molecule has 2 aliphatic heterocycles. The summed E-state index contributed by atoms with van der Waals surface area (Å²) in [6.45, 7) is 6.81. The van der Waals surface area contributed by atoms with Crippen LogP contribution in [0, 0.1) is 24.1 Å². The van der Waals surface area contributed by atoms with Crippen LogP contribution in [0.5, 0.6) is 0 Å². The maximum absolute atomic E-state index is 13.4. The van der Waals surface area contributed by atoms with Crippen LogP contribution in [0.15, 0.2) is 34.0 Å². The number of aromatic nitrogens is 1. The van der Waals surface area contributed by atoms with Gasteiger partial charge in [0.2, 0.25) is 0 Å². The van der Waals surface area contributed by atoms with E-state index in [-0.39, 0.29) is 22.8 Å². The van der Waals surface area contributed by atoms with Gasteiger partial charge in [-0.05, 0) is 49.2 Å². The number of rotatable bonds is 5. The Morgan fingerprint density at radius 2 is 1.77 bits per heavy atom. The predicted molar refractivity (Wildman–Crippen MR) is 142 cm³/mol. The molecule has 0 saturated carbocycles. The lowest BCUT2D eigenvalue weighted by Crippen LogP contribution is -2.48. The number of nitriles is 1. The molecule has 7 nitrogen and oxygen atoms in total. The van der Waals surface area contributed by atoms with Crippen molar-refractivity contribution in [3.63, 3.8) is 0 Å². The van der Waals surface area contributed by atoms with Crippen LogP contribution >= 0.6 is 24.0 Å². The fraction of sp³-hybridized carbons (Fsp3) is 0.360. The summed E-state index contributed by atoms with van der Waals surface area (Å²) in [6, 6.07) is 8.51. The van der Waals surface area contributed by atoms with E-state index >= 15 is 0 Å². The molecule has 0 bridgehead atoms. The first kappa shape index (κ1) is 24.9. The van der Waals surface area contributed by atoms with Gasteiger partial charge in [-0.2, -0.15) is 5.26 Å². The molecule has 1 aromatic heterocycles. The van der Waals surface area contributed by atoms with Crippen LogP contribution in [0.4, 0.5) is 15.9 Å². The minimum Gasteiger partial charge on any atom is -0.368 e. The molecule has 0 aliphatic carbocycles. The number of halogens is 1. The van der Waals surface area contributed by atoms with Gasteiger partial charge < -0.3 is 9.80 Å². The summed E-state index contributed by atoms with van der Waals surface area (Å²) in [7, 11) is 1.64. The van der Waals surface area contributed by atoms with Crippen LogP contribution < -0.4 is 15.4 Å². The number of amides is 1. The van der Waals surface area contributed by atoms with Crippen molar-refractivity contribution in [2.45, 2.75) is 26.8 Å². The minimum absolute atomic E-state index is 0.0883. The topological polar surface area (TPSA) is 72.6 Å². The van der Waals surface area contributed by atoms with E-state index in [0.717, 1.165) is 5.69 Å². The summed E-state index contributed by atoms with van der Waals surface area (Å²) in [5, 5.41) is 9.76. The van der Waals surface area contributed by atoms with Gasteiger partial charge in [-0.15, -0.1) is 0 Å². The van der Waals surface area contributed by atoms with Crippen molar-refractivity contribution in [2.75, 3.05) is 43.0 Å². The van der Waals surface area contributed by atoms with E-state index in [1.54, 1.807) is 36.7 Å². The van der Waals surface area contributed by atoms with Crippen LogP contribution in [0.3, 0.4) is 0 Å². The van der Waals surface area contributed by atoms with E-state index in [0.29, 0.717) is 65.3 Å². The van der Waals surface area contributed by atoms with Crippen molar-refractivity contribution in [1.82, 2.24) is 9.47 Å². The van der Waals surface area contributed by atoms with Crippen molar-refractivity contribution < 1.29 is 9.18 Å². The maximum atomic E-state index is 13.4. The number of nitrogens with zero attached hydrogens (tertiary/aromatic N) is 5. The van der Waals surface area contributed by atoms with Crippen LogP contribution in [-0.2, 0) is 11.3 Å². The number of thiocarbonyl (C=S) groups is 1. The number of thioether (sulfide) groups is 1. The Labute approximate surface area is 213 Å². The first-order valence-corrected chi connectivity index (χ1v) is 12.6. The smallest absolute Gasteiger partial charge is 0.270 e. The fourth-order valence-corrected chi connectivity index (χ4v) is 5.58. The molecule has 4 rings (SSSR count). The third-order valence-electron chi connectivity index (χ3n) is 6.33. The highest BCUT2D eigenvalue weighted by atomic mass is 32.2. The normalized spacial score (nSPS) is 17.5. The van der Waals surface area contributed by atoms with E-state index in [1.165, 1.54) is 28.8 Å². The lowest BCUT2D eigenvalue weighted by Gasteiger charge is -2.39. The number of anilines is 2. The second-order valence-electron chi connectivity index (χ2n) is 8.50. The Hall–Kier alpha value is -3.16. The molecular formula is C25H26FN5O2S2. The zero-order valence-corrected chi connectivity index (χ0v) is 21.5. The van der Waals surface area contributed by atoms with Crippen molar-refractivity contribution in [1.29, 1.82) is 5.26 Å². The first-order chi connectivity index (χ1) is 16.8. The monoisotopic (exact) mass is 511 g/mol. The predicted octanol–water partition coefficient (Wildman–Crippen LogP) is 3.74. The molecule has 0 atom stereocenters. The third kappa shape index (κ3) is 4.70. The van der Waals surface area contributed by atoms with E-state index in [4.69, 9.17) is 12.2 Å². The molecule has 0 spiro atoms. The van der Waals surface area contributed by atoms with Crippen molar-refractivity contribution in [3.05, 3.63) is 62.0 Å². The Morgan fingerprint density at radius 1 is 1.14 bits per heavy atom. The molecule has 2 aromatic rings. The highest BCUT2D eigenvalue weighted by Crippen LogP contribution is 2.35. The first-order valence-electron chi connectivity index (χ1n) is 11.4. The van der Waals surface area contributed by atoms with Crippen molar-refractivity contribution in [3.8, 4) is 6.07 Å². The summed E-state index contributed by atoms with van der Waals surface area (Å²) < 4.78 is 15.5. The molecule has 0 radical (unpaired) electrons. The Balaban J connectivity index is 1.79. The quantitative estimate of drug-likeness (QED) is 0.447. The van der Waals surface area contributed by atoms with Gasteiger partial charge in [0.25, 0.3) is 11.5 Å². The average molecular weight is 512 g/mol.